The van der Waals surface area contributed by atoms with Crippen molar-refractivity contribution in [1.29, 1.82) is 0 Å². The molecule has 4 N–H and O–H groups in total. The zero-order chi connectivity index (χ0) is 13.1. The standard InChI is InChI=1S/C12H16N4O2/c1-7-10(4-8(13)5-14-7)12(18)16-9-2-3-11(17)15-6-9/h4-5,9H,2-3,6,13H2,1H3,(H,15,17)(H,16,18). The molecule has 0 aromatic carbocycles. The third-order valence-electron chi connectivity index (χ3n) is 2.95. The number of nitrogen functional groups attached to an aromatic ring is 1. The summed E-state index contributed by atoms with van der Waals surface area (Å²) >= 11 is 0. The second kappa shape index (κ2) is 5.03. The van der Waals surface area contributed by atoms with Gasteiger partial charge >= 0.3 is 0 Å². The minimum Gasteiger partial charge on any atom is -0.397 e. The van der Waals surface area contributed by atoms with E-state index in [-0.39, 0.29) is 17.9 Å². The first kappa shape index (κ1) is 12.3. The quantitative estimate of drug-likeness (QED) is 0.685. The van der Waals surface area contributed by atoms with Crippen molar-refractivity contribution in [1.82, 2.24) is 15.6 Å². The zero-order valence-electron chi connectivity index (χ0n) is 10.2. The molecule has 2 amide bonds. The molecule has 96 valence electrons. The van der Waals surface area contributed by atoms with E-state index in [1.807, 2.05) is 0 Å². The number of nitrogens with zero attached hydrogens (tertiary/aromatic N) is 1. The van der Waals surface area contributed by atoms with Crippen LogP contribution in [0.25, 0.3) is 0 Å². The first-order chi connectivity index (χ1) is 8.56. The summed E-state index contributed by atoms with van der Waals surface area (Å²) < 4.78 is 0. The molecule has 2 rings (SSSR count). The fourth-order valence-electron chi connectivity index (χ4n) is 1.90. The van der Waals surface area contributed by atoms with Crippen LogP contribution < -0.4 is 16.4 Å². The number of nitrogens with two attached hydrogens (primary N) is 1. The summed E-state index contributed by atoms with van der Waals surface area (Å²) in [6.45, 7) is 2.23. The summed E-state index contributed by atoms with van der Waals surface area (Å²) in [5.74, 6) is -0.171. The molecule has 1 fully saturated rings. The highest BCUT2D eigenvalue weighted by Gasteiger charge is 2.21. The number of hydrogen-bond donors (Lipinski definition) is 3. The van der Waals surface area contributed by atoms with Gasteiger partial charge in [0.05, 0.1) is 23.1 Å². The van der Waals surface area contributed by atoms with Crippen LogP contribution in [0.15, 0.2) is 12.3 Å². The van der Waals surface area contributed by atoms with Crippen LogP contribution in [0.4, 0.5) is 5.69 Å². The summed E-state index contributed by atoms with van der Waals surface area (Å²) in [6, 6.07) is 1.58. The van der Waals surface area contributed by atoms with Crippen LogP contribution in [0, 0.1) is 6.92 Å². The molecule has 0 aliphatic carbocycles. The van der Waals surface area contributed by atoms with Gasteiger partial charge in [-0.1, -0.05) is 0 Å². The molecule has 1 aliphatic rings. The molecule has 1 atom stereocenters. The van der Waals surface area contributed by atoms with Crippen molar-refractivity contribution >= 4 is 17.5 Å². The van der Waals surface area contributed by atoms with Gasteiger partial charge < -0.3 is 16.4 Å². The van der Waals surface area contributed by atoms with Crippen molar-refractivity contribution < 1.29 is 9.59 Å². The molecule has 1 aliphatic heterocycles. The maximum atomic E-state index is 12.0. The Balaban J connectivity index is 2.03. The lowest BCUT2D eigenvalue weighted by Crippen LogP contribution is -2.47. The van der Waals surface area contributed by atoms with E-state index in [0.717, 1.165) is 0 Å². The first-order valence-electron chi connectivity index (χ1n) is 5.86. The molecule has 6 nitrogen and oxygen atoms in total. The highest BCUT2D eigenvalue weighted by molar-refractivity contribution is 5.96. The van der Waals surface area contributed by atoms with E-state index in [2.05, 4.69) is 15.6 Å². The Bertz CT molecular complexity index is 477. The molecule has 0 saturated carbocycles. The molecule has 6 heteroatoms. The third-order valence-corrected chi connectivity index (χ3v) is 2.95. The van der Waals surface area contributed by atoms with Gasteiger partial charge in [-0.25, -0.2) is 0 Å². The van der Waals surface area contributed by atoms with Crippen molar-refractivity contribution in [3.05, 3.63) is 23.5 Å². The molecule has 0 spiro atoms. The van der Waals surface area contributed by atoms with Crippen molar-refractivity contribution in [2.45, 2.75) is 25.8 Å². The van der Waals surface area contributed by atoms with E-state index in [4.69, 9.17) is 5.73 Å². The van der Waals surface area contributed by atoms with Gasteiger partial charge in [0.25, 0.3) is 5.91 Å². The Kier molecular flexibility index (Phi) is 3.45. The lowest BCUT2D eigenvalue weighted by Gasteiger charge is -2.23. The number of nitrogens with one attached hydrogen (secondary N) is 2. The summed E-state index contributed by atoms with van der Waals surface area (Å²) in [5.41, 5.74) is 7.20. The number of rotatable bonds is 2. The first-order valence-corrected chi connectivity index (χ1v) is 5.86. The zero-order valence-corrected chi connectivity index (χ0v) is 10.2. The van der Waals surface area contributed by atoms with E-state index >= 15 is 0 Å². The van der Waals surface area contributed by atoms with Crippen molar-refractivity contribution in [2.75, 3.05) is 12.3 Å². The minimum absolute atomic E-state index is 0.0299. The van der Waals surface area contributed by atoms with E-state index in [0.29, 0.717) is 36.3 Å². The van der Waals surface area contributed by atoms with Crippen LogP contribution in [-0.2, 0) is 4.79 Å². The van der Waals surface area contributed by atoms with Gasteiger partial charge in [0.1, 0.15) is 0 Å². The van der Waals surface area contributed by atoms with Gasteiger partial charge in [0, 0.05) is 19.0 Å². The Morgan fingerprint density at radius 2 is 2.39 bits per heavy atom. The second-order valence-corrected chi connectivity index (χ2v) is 4.41. The van der Waals surface area contributed by atoms with Crippen molar-refractivity contribution in [3.63, 3.8) is 0 Å². The molecule has 1 unspecified atom stereocenters. The van der Waals surface area contributed by atoms with Crippen LogP contribution in [0.5, 0.6) is 0 Å². The van der Waals surface area contributed by atoms with E-state index in [9.17, 15) is 9.59 Å². The number of carbonyl (C=O) groups is 2. The molecular formula is C12H16N4O2. The maximum Gasteiger partial charge on any atom is 0.253 e. The van der Waals surface area contributed by atoms with E-state index in [1.54, 1.807) is 13.0 Å². The molecule has 2 heterocycles. The van der Waals surface area contributed by atoms with Crippen LogP contribution in [0.3, 0.4) is 0 Å². The summed E-state index contributed by atoms with van der Waals surface area (Å²) in [5, 5.41) is 5.60. The Morgan fingerprint density at radius 3 is 3.06 bits per heavy atom. The molecule has 18 heavy (non-hydrogen) atoms. The lowest BCUT2D eigenvalue weighted by atomic mass is 10.1. The summed E-state index contributed by atoms with van der Waals surface area (Å²) in [7, 11) is 0. The number of piperidine rings is 1. The molecule has 1 aromatic heterocycles. The second-order valence-electron chi connectivity index (χ2n) is 4.41. The monoisotopic (exact) mass is 248 g/mol. The molecule has 0 radical (unpaired) electrons. The van der Waals surface area contributed by atoms with Crippen LogP contribution in [-0.4, -0.2) is 29.4 Å². The number of aryl methyl sites for hydroxylation is 1. The van der Waals surface area contributed by atoms with Gasteiger partial charge in [0.15, 0.2) is 0 Å². The predicted molar refractivity (Wildman–Crippen MR) is 66.9 cm³/mol. The highest BCUT2D eigenvalue weighted by Crippen LogP contribution is 2.11. The van der Waals surface area contributed by atoms with Gasteiger partial charge in [-0.3, -0.25) is 14.6 Å². The van der Waals surface area contributed by atoms with Gasteiger partial charge in [-0.05, 0) is 19.4 Å². The maximum absolute atomic E-state index is 12.0. The van der Waals surface area contributed by atoms with Crippen LogP contribution in [0.2, 0.25) is 0 Å². The van der Waals surface area contributed by atoms with Crippen LogP contribution in [0.1, 0.15) is 28.9 Å². The molecule has 0 bridgehead atoms. The Morgan fingerprint density at radius 1 is 1.61 bits per heavy atom. The number of aromatic nitrogens is 1. The highest BCUT2D eigenvalue weighted by atomic mass is 16.2. The fourth-order valence-corrected chi connectivity index (χ4v) is 1.90. The average molecular weight is 248 g/mol. The SMILES string of the molecule is Cc1ncc(N)cc1C(=O)NC1CCC(=O)NC1. The number of anilines is 1. The molecular weight excluding hydrogens is 232 g/mol. The Labute approximate surface area is 105 Å². The summed E-state index contributed by atoms with van der Waals surface area (Å²) in [4.78, 5) is 27.1. The van der Waals surface area contributed by atoms with Gasteiger partial charge in [0.2, 0.25) is 5.91 Å². The smallest absolute Gasteiger partial charge is 0.253 e. The van der Waals surface area contributed by atoms with Crippen molar-refractivity contribution in [2.24, 2.45) is 0 Å². The fraction of sp³-hybridized carbons (Fsp3) is 0.417. The van der Waals surface area contributed by atoms with E-state index < -0.39 is 0 Å². The summed E-state index contributed by atoms with van der Waals surface area (Å²) in [6.07, 6.45) is 2.62. The number of pyridine rings is 1. The average Bonchev–Trinajstić information content (AvgIpc) is 2.35. The normalized spacial score (nSPS) is 19.2. The van der Waals surface area contributed by atoms with Gasteiger partial charge in [-0.2, -0.15) is 0 Å². The third kappa shape index (κ3) is 2.77. The molecule has 1 saturated heterocycles. The molecule has 1 aromatic rings. The Hall–Kier alpha value is -2.11. The van der Waals surface area contributed by atoms with Crippen molar-refractivity contribution in [3.8, 4) is 0 Å². The van der Waals surface area contributed by atoms with Crippen LogP contribution >= 0.6 is 0 Å². The number of hydrogen-bond acceptors (Lipinski definition) is 4. The largest absolute Gasteiger partial charge is 0.397 e. The topological polar surface area (TPSA) is 97.1 Å². The van der Waals surface area contributed by atoms with Gasteiger partial charge in [-0.15, -0.1) is 0 Å². The minimum atomic E-state index is -0.201. The lowest BCUT2D eigenvalue weighted by molar-refractivity contribution is -0.122. The predicted octanol–water partition coefficient (Wildman–Crippen LogP) is -0.0194. The van der Waals surface area contributed by atoms with E-state index in [1.165, 1.54) is 6.20 Å². The number of amides is 2. The number of carbonyl (C=O) groups excluding carboxylic acids is 2.